The first-order valence-electron chi connectivity index (χ1n) is 17.9. The van der Waals surface area contributed by atoms with Gasteiger partial charge in [-0.1, -0.05) is 0 Å². The maximum absolute atomic E-state index is 14.4. The Balaban J connectivity index is 1.14. The van der Waals surface area contributed by atoms with Gasteiger partial charge in [0, 0.05) is 48.8 Å². The van der Waals surface area contributed by atoms with Crippen LogP contribution in [0, 0.1) is 18.8 Å². The van der Waals surface area contributed by atoms with Crippen LogP contribution in [0.2, 0.25) is 0 Å². The normalized spacial score (nSPS) is 22.7. The van der Waals surface area contributed by atoms with Crippen LogP contribution in [0.1, 0.15) is 107 Å². The van der Waals surface area contributed by atoms with Gasteiger partial charge in [0.05, 0.1) is 24.9 Å². The van der Waals surface area contributed by atoms with Gasteiger partial charge in [-0.25, -0.2) is 14.8 Å². The first-order valence-corrected chi connectivity index (χ1v) is 17.9. The SMILES string of the molecule is COc1ccc(C2CCC(CN(C(=O)C3CCC(OC(=O)N(C)CC(C)(C)O)CC3)c3cc(-c4coc(C5CC5)n4)ccn3)CC2)nc1C. The van der Waals surface area contributed by atoms with Crippen LogP contribution in [0.4, 0.5) is 10.6 Å². The molecule has 2 amide bonds. The number of pyridine rings is 2. The Morgan fingerprint density at radius 2 is 1.69 bits per heavy atom. The van der Waals surface area contributed by atoms with Crippen LogP contribution in [-0.2, 0) is 9.53 Å². The Kier molecular flexibility index (Phi) is 10.6. The van der Waals surface area contributed by atoms with E-state index in [1.165, 1.54) is 4.90 Å². The number of likely N-dealkylation sites (N-methyl/N-ethyl adjacent to an activating group) is 1. The van der Waals surface area contributed by atoms with Crippen LogP contribution in [0.25, 0.3) is 11.3 Å². The highest BCUT2D eigenvalue weighted by Gasteiger charge is 2.35. The third kappa shape index (κ3) is 8.79. The number of aromatic nitrogens is 3. The third-order valence-electron chi connectivity index (χ3n) is 10.2. The maximum Gasteiger partial charge on any atom is 0.409 e. The van der Waals surface area contributed by atoms with Crippen LogP contribution in [-0.4, -0.2) is 75.9 Å². The molecule has 264 valence electrons. The molecule has 0 saturated heterocycles. The minimum absolute atomic E-state index is 0.0713. The van der Waals surface area contributed by atoms with Crippen LogP contribution < -0.4 is 9.64 Å². The van der Waals surface area contributed by atoms with Gasteiger partial charge >= 0.3 is 6.09 Å². The second kappa shape index (κ2) is 14.9. The quantitative estimate of drug-likeness (QED) is 0.228. The number of aliphatic hydroxyl groups is 1. The number of aryl methyl sites for hydroxylation is 1. The first kappa shape index (κ1) is 34.9. The van der Waals surface area contributed by atoms with E-state index < -0.39 is 11.7 Å². The molecule has 49 heavy (non-hydrogen) atoms. The zero-order valence-electron chi connectivity index (χ0n) is 29.6. The zero-order valence-corrected chi connectivity index (χ0v) is 29.6. The summed E-state index contributed by atoms with van der Waals surface area (Å²) in [5, 5.41) is 10.1. The zero-order chi connectivity index (χ0) is 34.7. The van der Waals surface area contributed by atoms with Gasteiger partial charge < -0.3 is 23.9 Å². The summed E-state index contributed by atoms with van der Waals surface area (Å²) in [5.74, 6) is 3.24. The molecular formula is C38H51N5O6. The maximum atomic E-state index is 14.4. The van der Waals surface area contributed by atoms with E-state index >= 15 is 0 Å². The molecule has 0 aliphatic heterocycles. The number of anilines is 1. The fourth-order valence-corrected chi connectivity index (χ4v) is 7.40. The van der Waals surface area contributed by atoms with E-state index in [0.717, 1.165) is 72.8 Å². The van der Waals surface area contributed by atoms with E-state index in [9.17, 15) is 14.7 Å². The molecular weight excluding hydrogens is 622 g/mol. The Bertz CT molecular complexity index is 1600. The van der Waals surface area contributed by atoms with Crippen molar-refractivity contribution < 1.29 is 28.6 Å². The number of oxazole rings is 1. The summed E-state index contributed by atoms with van der Waals surface area (Å²) in [5.41, 5.74) is 2.66. The number of nitrogens with zero attached hydrogens (tertiary/aromatic N) is 5. The molecule has 0 spiro atoms. The lowest BCUT2D eigenvalue weighted by Gasteiger charge is -2.36. The summed E-state index contributed by atoms with van der Waals surface area (Å²) in [4.78, 5) is 44.6. The number of carbonyl (C=O) groups is 2. The van der Waals surface area contributed by atoms with Crippen molar-refractivity contribution in [2.45, 2.75) is 109 Å². The van der Waals surface area contributed by atoms with E-state index in [-0.39, 0.29) is 24.5 Å². The van der Waals surface area contributed by atoms with Gasteiger partial charge in [0.15, 0.2) is 5.89 Å². The molecule has 3 aliphatic rings. The lowest BCUT2D eigenvalue weighted by Crippen LogP contribution is -2.43. The molecule has 0 unspecified atom stereocenters. The predicted octanol–water partition coefficient (Wildman–Crippen LogP) is 7.03. The average molecular weight is 674 g/mol. The van der Waals surface area contributed by atoms with Gasteiger partial charge in [0.25, 0.3) is 0 Å². The molecule has 0 bridgehead atoms. The molecule has 11 heteroatoms. The molecule has 3 aliphatic carbocycles. The first-order chi connectivity index (χ1) is 23.5. The lowest BCUT2D eigenvalue weighted by atomic mass is 9.79. The summed E-state index contributed by atoms with van der Waals surface area (Å²) >= 11 is 0. The standard InChI is InChI=1S/C38H51N5O6/c1-24-33(47-5)17-16-31(40-24)26-8-6-25(7-9-26)21-43(34-20-29(18-19-39-34)32-22-48-35(41-32)27-10-11-27)36(44)28-12-14-30(15-13-28)49-37(45)42(4)23-38(2,3)46/h16-20,22,25-28,30,46H,6-15,21,23H2,1-5H3. The summed E-state index contributed by atoms with van der Waals surface area (Å²) in [6.45, 7) is 6.07. The summed E-state index contributed by atoms with van der Waals surface area (Å²) in [7, 11) is 3.30. The average Bonchev–Trinajstić information content (AvgIpc) is 3.82. The number of carbonyl (C=O) groups excluding carboxylic acids is 2. The molecule has 11 nitrogen and oxygen atoms in total. The Morgan fingerprint density at radius 3 is 2.35 bits per heavy atom. The van der Waals surface area contributed by atoms with Crippen molar-refractivity contribution >= 4 is 17.8 Å². The number of hydrogen-bond acceptors (Lipinski definition) is 9. The number of rotatable bonds is 11. The number of ether oxygens (including phenoxy) is 2. The Morgan fingerprint density at radius 1 is 0.980 bits per heavy atom. The van der Waals surface area contributed by atoms with Gasteiger partial charge in [-0.3, -0.25) is 14.7 Å². The van der Waals surface area contributed by atoms with Gasteiger partial charge in [-0.2, -0.15) is 0 Å². The minimum atomic E-state index is -1.01. The molecule has 3 saturated carbocycles. The monoisotopic (exact) mass is 673 g/mol. The van der Waals surface area contributed by atoms with Crippen LogP contribution in [0.5, 0.6) is 5.75 Å². The van der Waals surface area contributed by atoms with E-state index in [1.54, 1.807) is 40.5 Å². The molecule has 0 radical (unpaired) electrons. The van der Waals surface area contributed by atoms with Crippen molar-refractivity contribution in [1.82, 2.24) is 19.9 Å². The van der Waals surface area contributed by atoms with Gasteiger partial charge in [-0.05, 0) is 115 Å². The van der Waals surface area contributed by atoms with Crippen molar-refractivity contribution in [3.05, 3.63) is 54.0 Å². The van der Waals surface area contributed by atoms with Crippen molar-refractivity contribution in [1.29, 1.82) is 0 Å². The molecule has 0 atom stereocenters. The number of amides is 2. The van der Waals surface area contributed by atoms with Crippen molar-refractivity contribution in [2.75, 3.05) is 32.1 Å². The second-order valence-electron chi connectivity index (χ2n) is 15.0. The largest absolute Gasteiger partial charge is 0.495 e. The van der Waals surface area contributed by atoms with Crippen molar-refractivity contribution in [3.63, 3.8) is 0 Å². The third-order valence-corrected chi connectivity index (χ3v) is 10.2. The topological polar surface area (TPSA) is 131 Å². The summed E-state index contributed by atoms with van der Waals surface area (Å²) < 4.78 is 16.9. The van der Waals surface area contributed by atoms with E-state index in [0.29, 0.717) is 55.8 Å². The molecule has 3 heterocycles. The summed E-state index contributed by atoms with van der Waals surface area (Å²) in [6.07, 6.45) is 11.5. The highest BCUT2D eigenvalue weighted by atomic mass is 16.6. The highest BCUT2D eigenvalue weighted by Crippen LogP contribution is 2.41. The van der Waals surface area contributed by atoms with E-state index in [2.05, 4.69) is 6.07 Å². The Hall–Kier alpha value is -3.99. The number of hydrogen-bond donors (Lipinski definition) is 1. The molecule has 3 fully saturated rings. The van der Waals surface area contributed by atoms with Crippen LogP contribution in [0.15, 0.2) is 41.1 Å². The van der Waals surface area contributed by atoms with Gasteiger partial charge in [-0.15, -0.1) is 0 Å². The van der Waals surface area contributed by atoms with Crippen molar-refractivity contribution in [3.8, 4) is 17.0 Å². The van der Waals surface area contributed by atoms with Crippen LogP contribution >= 0.6 is 0 Å². The molecule has 6 rings (SSSR count). The Labute approximate surface area is 289 Å². The van der Waals surface area contributed by atoms with Crippen LogP contribution in [0.3, 0.4) is 0 Å². The molecule has 3 aromatic heterocycles. The summed E-state index contributed by atoms with van der Waals surface area (Å²) in [6, 6.07) is 7.98. The lowest BCUT2D eigenvalue weighted by molar-refractivity contribution is -0.124. The predicted molar refractivity (Wildman–Crippen MR) is 185 cm³/mol. The second-order valence-corrected chi connectivity index (χ2v) is 15.0. The van der Waals surface area contributed by atoms with E-state index in [1.807, 2.05) is 30.0 Å². The molecule has 3 aromatic rings. The number of methoxy groups -OCH3 is 1. The van der Waals surface area contributed by atoms with Gasteiger partial charge in [0.1, 0.15) is 29.6 Å². The van der Waals surface area contributed by atoms with Crippen molar-refractivity contribution in [2.24, 2.45) is 11.8 Å². The fourth-order valence-electron chi connectivity index (χ4n) is 7.40. The molecule has 0 aromatic carbocycles. The fraction of sp³-hybridized carbons (Fsp3) is 0.605. The minimum Gasteiger partial charge on any atom is -0.495 e. The highest BCUT2D eigenvalue weighted by molar-refractivity contribution is 5.94. The molecule has 1 N–H and O–H groups in total. The smallest absolute Gasteiger partial charge is 0.409 e. The van der Waals surface area contributed by atoms with E-state index in [4.69, 9.17) is 28.8 Å². The van der Waals surface area contributed by atoms with Gasteiger partial charge in [0.2, 0.25) is 5.91 Å².